The van der Waals surface area contributed by atoms with Crippen molar-refractivity contribution in [3.8, 4) is 0 Å². The van der Waals surface area contributed by atoms with E-state index in [1.165, 1.54) is 5.57 Å². The molecule has 172 valence electrons. The van der Waals surface area contributed by atoms with E-state index in [-0.39, 0.29) is 18.7 Å². The van der Waals surface area contributed by atoms with Crippen LogP contribution >= 0.6 is 0 Å². The molecule has 0 spiro atoms. The highest BCUT2D eigenvalue weighted by atomic mass is 16.6. The van der Waals surface area contributed by atoms with Gasteiger partial charge >= 0.3 is 6.09 Å². The summed E-state index contributed by atoms with van der Waals surface area (Å²) in [4.78, 5) is 16.7. The molecule has 0 aromatic heterocycles. The predicted molar refractivity (Wildman–Crippen MR) is 124 cm³/mol. The van der Waals surface area contributed by atoms with Gasteiger partial charge in [0.15, 0.2) is 0 Å². The number of aliphatic hydroxyl groups is 1. The average molecular weight is 431 g/mol. The van der Waals surface area contributed by atoms with Crippen LogP contribution in [0.2, 0.25) is 0 Å². The summed E-state index contributed by atoms with van der Waals surface area (Å²) in [6.07, 6.45) is 4.40. The van der Waals surface area contributed by atoms with Crippen LogP contribution in [-0.4, -0.2) is 65.4 Å². The number of benzene rings is 1. The number of hydrogen-bond acceptors (Lipinski definition) is 5. The van der Waals surface area contributed by atoms with E-state index in [4.69, 9.17) is 9.47 Å². The summed E-state index contributed by atoms with van der Waals surface area (Å²) in [7, 11) is 0. The molecule has 6 heteroatoms. The second-order valence-electron chi connectivity index (χ2n) is 8.97. The van der Waals surface area contributed by atoms with E-state index in [1.807, 2.05) is 52.8 Å². The lowest BCUT2D eigenvalue weighted by atomic mass is 10.1. The number of carbonyl (C=O) groups excluding carboxylic acids is 1. The van der Waals surface area contributed by atoms with Crippen molar-refractivity contribution in [2.45, 2.75) is 59.3 Å². The van der Waals surface area contributed by atoms with Gasteiger partial charge in [0.25, 0.3) is 0 Å². The molecule has 1 aliphatic rings. The molecule has 2 rings (SSSR count). The third kappa shape index (κ3) is 8.75. The van der Waals surface area contributed by atoms with Gasteiger partial charge in [0.2, 0.25) is 0 Å². The Balaban J connectivity index is 1.94. The number of allylic oxidation sites excluding steroid dienone is 2. The van der Waals surface area contributed by atoms with Crippen molar-refractivity contribution < 1.29 is 19.4 Å². The molecule has 0 bridgehead atoms. The first-order valence-corrected chi connectivity index (χ1v) is 11.0. The van der Waals surface area contributed by atoms with Crippen LogP contribution in [0.25, 0.3) is 0 Å². The Hall–Kier alpha value is -2.31. The van der Waals surface area contributed by atoms with Gasteiger partial charge in [0.1, 0.15) is 12.2 Å². The molecule has 1 N–H and O–H groups in total. The van der Waals surface area contributed by atoms with Crippen LogP contribution in [0.4, 0.5) is 4.79 Å². The molecule has 1 amide bonds. The molecule has 1 saturated heterocycles. The summed E-state index contributed by atoms with van der Waals surface area (Å²) in [5, 5.41) is 9.50. The Morgan fingerprint density at radius 1 is 1.23 bits per heavy atom. The van der Waals surface area contributed by atoms with E-state index in [9.17, 15) is 9.90 Å². The Bertz CT molecular complexity index is 753. The third-order valence-corrected chi connectivity index (χ3v) is 5.13. The van der Waals surface area contributed by atoms with Gasteiger partial charge in [-0.1, -0.05) is 36.4 Å². The van der Waals surface area contributed by atoms with Gasteiger partial charge in [-0.2, -0.15) is 0 Å². The standard InChI is InChI=1S/C25H38N2O4/c1-6-21(16-20(2)30-19-22-10-8-7-9-11-22)17-26-13-14-27(23(18-26)12-15-28)24(29)31-25(3,4)5/h6-11,16,23,28H,12-15,17-19H2,1-5H3/b20-16+,21-6+. The second kappa shape index (κ2) is 11.9. The summed E-state index contributed by atoms with van der Waals surface area (Å²) in [5.41, 5.74) is 1.78. The molecule has 6 nitrogen and oxygen atoms in total. The first kappa shape index (κ1) is 25.0. The van der Waals surface area contributed by atoms with Crippen LogP contribution in [0.3, 0.4) is 0 Å². The van der Waals surface area contributed by atoms with E-state index < -0.39 is 5.60 Å². The van der Waals surface area contributed by atoms with Gasteiger partial charge < -0.3 is 19.5 Å². The van der Waals surface area contributed by atoms with Gasteiger partial charge in [-0.05, 0) is 58.3 Å². The second-order valence-corrected chi connectivity index (χ2v) is 8.97. The predicted octanol–water partition coefficient (Wildman–Crippen LogP) is 4.36. The number of ether oxygens (including phenoxy) is 2. The lowest BCUT2D eigenvalue weighted by Crippen LogP contribution is -2.56. The van der Waals surface area contributed by atoms with Crippen molar-refractivity contribution in [1.82, 2.24) is 9.80 Å². The summed E-state index contributed by atoms with van der Waals surface area (Å²) in [6, 6.07) is 10.1. The smallest absolute Gasteiger partial charge is 0.410 e. The van der Waals surface area contributed by atoms with Gasteiger partial charge in [-0.15, -0.1) is 0 Å². The molecule has 1 unspecified atom stereocenters. The van der Waals surface area contributed by atoms with E-state index in [1.54, 1.807) is 4.90 Å². The molecule has 1 atom stereocenters. The monoisotopic (exact) mass is 430 g/mol. The molecule has 1 heterocycles. The van der Waals surface area contributed by atoms with Crippen LogP contribution < -0.4 is 0 Å². The maximum Gasteiger partial charge on any atom is 0.410 e. The molecule has 1 aromatic carbocycles. The fraction of sp³-hybridized carbons (Fsp3) is 0.560. The summed E-state index contributed by atoms with van der Waals surface area (Å²) in [6.45, 7) is 13.0. The highest BCUT2D eigenvalue weighted by Crippen LogP contribution is 2.19. The lowest BCUT2D eigenvalue weighted by Gasteiger charge is -2.41. The number of piperazine rings is 1. The number of amides is 1. The van der Waals surface area contributed by atoms with Crippen LogP contribution in [0, 0.1) is 0 Å². The molecular formula is C25H38N2O4. The van der Waals surface area contributed by atoms with Crippen LogP contribution in [0.15, 0.2) is 53.8 Å². The fourth-order valence-electron chi connectivity index (χ4n) is 3.57. The molecular weight excluding hydrogens is 392 g/mol. The van der Waals surface area contributed by atoms with E-state index >= 15 is 0 Å². The van der Waals surface area contributed by atoms with Crippen LogP contribution in [0.1, 0.15) is 46.6 Å². The minimum absolute atomic E-state index is 0.0423. The Labute approximate surface area is 187 Å². The SMILES string of the molecule is C/C=C(\C=C(/C)OCc1ccccc1)CN1CCN(C(=O)OC(C)(C)C)C(CCO)C1. The summed E-state index contributed by atoms with van der Waals surface area (Å²) < 4.78 is 11.5. The van der Waals surface area contributed by atoms with Gasteiger partial charge in [-0.3, -0.25) is 4.90 Å². The minimum atomic E-state index is -0.530. The van der Waals surface area contributed by atoms with Gasteiger partial charge in [-0.25, -0.2) is 4.79 Å². The zero-order valence-corrected chi connectivity index (χ0v) is 19.6. The largest absolute Gasteiger partial charge is 0.494 e. The normalized spacial score (nSPS) is 18.8. The molecule has 1 aromatic rings. The number of hydrogen-bond donors (Lipinski definition) is 1. The Kier molecular flexibility index (Phi) is 9.59. The van der Waals surface area contributed by atoms with E-state index in [0.717, 1.165) is 24.4 Å². The third-order valence-electron chi connectivity index (χ3n) is 5.13. The summed E-state index contributed by atoms with van der Waals surface area (Å²) >= 11 is 0. The summed E-state index contributed by atoms with van der Waals surface area (Å²) in [5.74, 6) is 0.872. The maximum absolute atomic E-state index is 12.6. The highest BCUT2D eigenvalue weighted by Gasteiger charge is 2.33. The minimum Gasteiger partial charge on any atom is -0.494 e. The van der Waals surface area contributed by atoms with E-state index in [2.05, 4.69) is 29.2 Å². The van der Waals surface area contributed by atoms with E-state index in [0.29, 0.717) is 26.1 Å². The number of nitrogens with zero attached hydrogens (tertiary/aromatic N) is 2. The average Bonchev–Trinajstić information content (AvgIpc) is 2.71. The fourth-order valence-corrected chi connectivity index (χ4v) is 3.57. The van der Waals surface area contributed by atoms with Crippen molar-refractivity contribution in [3.63, 3.8) is 0 Å². The lowest BCUT2D eigenvalue weighted by molar-refractivity contribution is -0.00381. The van der Waals surface area contributed by atoms with Crippen molar-refractivity contribution in [2.24, 2.45) is 0 Å². The molecule has 0 saturated carbocycles. The van der Waals surface area contributed by atoms with Crippen molar-refractivity contribution in [3.05, 3.63) is 59.4 Å². The zero-order valence-electron chi connectivity index (χ0n) is 19.6. The molecule has 31 heavy (non-hydrogen) atoms. The van der Waals surface area contributed by atoms with Gasteiger partial charge in [0, 0.05) is 38.8 Å². The number of carbonyl (C=O) groups is 1. The quantitative estimate of drug-likeness (QED) is 0.491. The van der Waals surface area contributed by atoms with Crippen LogP contribution in [0.5, 0.6) is 0 Å². The topological polar surface area (TPSA) is 62.2 Å². The van der Waals surface area contributed by atoms with Crippen molar-refractivity contribution in [2.75, 3.05) is 32.8 Å². The molecule has 0 aliphatic carbocycles. The first-order chi connectivity index (χ1) is 14.7. The van der Waals surface area contributed by atoms with Gasteiger partial charge in [0.05, 0.1) is 5.76 Å². The first-order valence-electron chi connectivity index (χ1n) is 11.0. The van der Waals surface area contributed by atoms with Crippen molar-refractivity contribution >= 4 is 6.09 Å². The number of rotatable bonds is 8. The number of aliphatic hydroxyl groups excluding tert-OH is 1. The van der Waals surface area contributed by atoms with Crippen molar-refractivity contribution in [1.29, 1.82) is 0 Å². The Morgan fingerprint density at radius 2 is 1.94 bits per heavy atom. The molecule has 1 aliphatic heterocycles. The molecule has 1 fully saturated rings. The zero-order chi connectivity index (χ0) is 22.9. The Morgan fingerprint density at radius 3 is 2.55 bits per heavy atom. The highest BCUT2D eigenvalue weighted by molar-refractivity contribution is 5.68. The maximum atomic E-state index is 12.6. The van der Waals surface area contributed by atoms with Crippen LogP contribution in [-0.2, 0) is 16.1 Å². The molecule has 0 radical (unpaired) electrons.